The van der Waals surface area contributed by atoms with Crippen molar-refractivity contribution in [2.24, 2.45) is 0 Å². The number of carbonyl (C=O) groups is 2. The van der Waals surface area contributed by atoms with E-state index in [-0.39, 0.29) is 17.7 Å². The third kappa shape index (κ3) is 3.25. The molecular formula is C14H14FN3O3. The van der Waals surface area contributed by atoms with E-state index in [1.807, 2.05) is 0 Å². The van der Waals surface area contributed by atoms with Gasteiger partial charge in [-0.3, -0.25) is 9.89 Å². The van der Waals surface area contributed by atoms with E-state index in [0.29, 0.717) is 5.69 Å². The van der Waals surface area contributed by atoms with Crippen LogP contribution in [0, 0.1) is 19.7 Å². The number of aryl methyl sites for hydroxylation is 2. The maximum atomic E-state index is 13.2. The smallest absolute Gasteiger partial charge is 0.337 e. The number of aromatic nitrogens is 2. The molecule has 0 aliphatic rings. The molecule has 0 radical (unpaired) electrons. The van der Waals surface area contributed by atoms with Crippen molar-refractivity contribution in [3.63, 3.8) is 0 Å². The van der Waals surface area contributed by atoms with Gasteiger partial charge in [0, 0.05) is 11.3 Å². The summed E-state index contributed by atoms with van der Waals surface area (Å²) in [5.41, 5.74) is 1.97. The molecule has 2 aromatic rings. The largest absolute Gasteiger partial charge is 0.478 e. The fourth-order valence-corrected chi connectivity index (χ4v) is 2.00. The van der Waals surface area contributed by atoms with Crippen LogP contribution < -0.4 is 5.32 Å². The Kier molecular flexibility index (Phi) is 4.02. The number of hydrogen-bond donors (Lipinski definition) is 3. The number of rotatable bonds is 4. The fraction of sp³-hybridized carbons (Fsp3) is 0.214. The van der Waals surface area contributed by atoms with Gasteiger partial charge in [0.15, 0.2) is 0 Å². The number of anilines is 1. The minimum Gasteiger partial charge on any atom is -0.478 e. The lowest BCUT2D eigenvalue weighted by atomic mass is 10.1. The Morgan fingerprint density at radius 3 is 2.67 bits per heavy atom. The van der Waals surface area contributed by atoms with E-state index in [4.69, 9.17) is 5.11 Å². The Hall–Kier alpha value is -2.70. The number of nitrogens with zero attached hydrogens (tertiary/aromatic N) is 1. The van der Waals surface area contributed by atoms with Crippen molar-refractivity contribution in [2.45, 2.75) is 20.3 Å². The molecule has 3 N–H and O–H groups in total. The second-order valence-corrected chi connectivity index (χ2v) is 4.63. The highest BCUT2D eigenvalue weighted by Gasteiger charge is 2.16. The van der Waals surface area contributed by atoms with Crippen LogP contribution in [0.5, 0.6) is 0 Å². The van der Waals surface area contributed by atoms with E-state index in [1.165, 1.54) is 0 Å². The maximum absolute atomic E-state index is 13.2. The predicted octanol–water partition coefficient (Wildman–Crippen LogP) is 2.05. The predicted molar refractivity (Wildman–Crippen MR) is 73.8 cm³/mol. The van der Waals surface area contributed by atoms with Crippen LogP contribution >= 0.6 is 0 Å². The van der Waals surface area contributed by atoms with E-state index >= 15 is 0 Å². The van der Waals surface area contributed by atoms with Crippen LogP contribution in [0.25, 0.3) is 0 Å². The summed E-state index contributed by atoms with van der Waals surface area (Å²) in [6.45, 7) is 3.55. The topological polar surface area (TPSA) is 95.1 Å². The highest BCUT2D eigenvalue weighted by atomic mass is 19.1. The van der Waals surface area contributed by atoms with Gasteiger partial charge in [0.1, 0.15) is 5.82 Å². The fourth-order valence-electron chi connectivity index (χ4n) is 2.00. The Bertz CT molecular complexity index is 690. The third-order valence-electron chi connectivity index (χ3n) is 3.10. The molecule has 1 aromatic heterocycles. The van der Waals surface area contributed by atoms with Crippen molar-refractivity contribution in [2.75, 3.05) is 5.32 Å². The number of carbonyl (C=O) groups excluding carboxylic acids is 1. The van der Waals surface area contributed by atoms with Crippen LogP contribution in [0.1, 0.15) is 27.3 Å². The molecule has 0 unspecified atom stereocenters. The highest BCUT2D eigenvalue weighted by Crippen LogP contribution is 2.18. The van der Waals surface area contributed by atoms with Gasteiger partial charge in [-0.2, -0.15) is 5.10 Å². The zero-order valence-electron chi connectivity index (χ0n) is 11.5. The van der Waals surface area contributed by atoms with Gasteiger partial charge in [-0.1, -0.05) is 0 Å². The van der Waals surface area contributed by atoms with Gasteiger partial charge in [0.05, 0.1) is 23.4 Å². The summed E-state index contributed by atoms with van der Waals surface area (Å²) < 4.78 is 13.2. The lowest BCUT2D eigenvalue weighted by molar-refractivity contribution is -0.115. The number of amides is 1. The number of aromatic carboxylic acids is 1. The SMILES string of the molecule is Cc1n[nH]c(C)c1CC(=O)Nc1cc(F)ccc1C(=O)O. The number of benzene rings is 1. The molecule has 0 spiro atoms. The van der Waals surface area contributed by atoms with E-state index < -0.39 is 17.7 Å². The lowest BCUT2D eigenvalue weighted by Gasteiger charge is -2.09. The molecule has 0 saturated heterocycles. The molecule has 0 saturated carbocycles. The number of aromatic amines is 1. The van der Waals surface area contributed by atoms with Gasteiger partial charge in [0.25, 0.3) is 0 Å². The minimum atomic E-state index is -1.24. The van der Waals surface area contributed by atoms with Crippen LogP contribution in [0.4, 0.5) is 10.1 Å². The number of nitrogens with one attached hydrogen (secondary N) is 2. The van der Waals surface area contributed by atoms with E-state index in [2.05, 4.69) is 15.5 Å². The molecule has 110 valence electrons. The number of carboxylic acids is 1. The van der Waals surface area contributed by atoms with Crippen molar-refractivity contribution in [1.82, 2.24) is 10.2 Å². The minimum absolute atomic E-state index is 0.0315. The molecule has 6 nitrogen and oxygen atoms in total. The van der Waals surface area contributed by atoms with Gasteiger partial charge in [-0.05, 0) is 32.0 Å². The van der Waals surface area contributed by atoms with Gasteiger partial charge in [-0.25, -0.2) is 9.18 Å². The second-order valence-electron chi connectivity index (χ2n) is 4.63. The van der Waals surface area contributed by atoms with Crippen LogP contribution in [0.2, 0.25) is 0 Å². The zero-order chi connectivity index (χ0) is 15.6. The lowest BCUT2D eigenvalue weighted by Crippen LogP contribution is -2.17. The summed E-state index contributed by atoms with van der Waals surface area (Å²) in [4.78, 5) is 23.1. The average molecular weight is 291 g/mol. The van der Waals surface area contributed by atoms with Gasteiger partial charge >= 0.3 is 5.97 Å². The summed E-state index contributed by atoms with van der Waals surface area (Å²) in [6, 6.07) is 3.13. The maximum Gasteiger partial charge on any atom is 0.337 e. The Balaban J connectivity index is 2.20. The first-order chi connectivity index (χ1) is 9.88. The van der Waals surface area contributed by atoms with Crippen molar-refractivity contribution < 1.29 is 19.1 Å². The number of hydrogen-bond acceptors (Lipinski definition) is 3. The van der Waals surface area contributed by atoms with Gasteiger partial charge in [0.2, 0.25) is 5.91 Å². The zero-order valence-corrected chi connectivity index (χ0v) is 11.5. The van der Waals surface area contributed by atoms with E-state index in [0.717, 1.165) is 29.5 Å². The third-order valence-corrected chi connectivity index (χ3v) is 3.10. The van der Waals surface area contributed by atoms with Crippen molar-refractivity contribution in [3.05, 3.63) is 46.5 Å². The normalized spacial score (nSPS) is 10.4. The molecule has 0 atom stereocenters. The molecule has 7 heteroatoms. The van der Waals surface area contributed by atoms with Crippen molar-refractivity contribution in [1.29, 1.82) is 0 Å². The number of H-pyrrole nitrogens is 1. The Labute approximate surface area is 120 Å². The van der Waals surface area contributed by atoms with Gasteiger partial charge in [-0.15, -0.1) is 0 Å². The molecule has 0 aliphatic heterocycles. The van der Waals surface area contributed by atoms with Crippen molar-refractivity contribution >= 4 is 17.6 Å². The first kappa shape index (κ1) is 14.7. The number of halogens is 1. The molecule has 1 amide bonds. The average Bonchev–Trinajstić information content (AvgIpc) is 2.70. The first-order valence-corrected chi connectivity index (χ1v) is 6.21. The molecule has 0 bridgehead atoms. The van der Waals surface area contributed by atoms with E-state index in [1.54, 1.807) is 13.8 Å². The van der Waals surface area contributed by atoms with Crippen LogP contribution in [-0.2, 0) is 11.2 Å². The summed E-state index contributed by atoms with van der Waals surface area (Å²) in [5, 5.41) is 18.2. The standard InChI is InChI=1S/C14H14FN3O3/c1-7-11(8(2)18-17-7)6-13(19)16-12-5-9(15)3-4-10(12)14(20)21/h3-5H,6H2,1-2H3,(H,16,19)(H,17,18)(H,20,21). The molecule has 1 heterocycles. The van der Waals surface area contributed by atoms with E-state index in [9.17, 15) is 14.0 Å². The van der Waals surface area contributed by atoms with Crippen LogP contribution in [0.3, 0.4) is 0 Å². The highest BCUT2D eigenvalue weighted by molar-refractivity contribution is 6.01. The molecule has 0 aliphatic carbocycles. The Morgan fingerprint density at radius 2 is 2.10 bits per heavy atom. The molecule has 21 heavy (non-hydrogen) atoms. The van der Waals surface area contributed by atoms with Crippen LogP contribution in [0.15, 0.2) is 18.2 Å². The molecule has 2 rings (SSSR count). The summed E-state index contributed by atoms with van der Waals surface area (Å²) >= 11 is 0. The second kappa shape index (κ2) is 5.74. The summed E-state index contributed by atoms with van der Waals surface area (Å²) in [6.07, 6.45) is 0.0315. The summed E-state index contributed by atoms with van der Waals surface area (Å²) in [5.74, 6) is -2.29. The molecule has 1 aromatic carbocycles. The van der Waals surface area contributed by atoms with Crippen LogP contribution in [-0.4, -0.2) is 27.2 Å². The molecule has 0 fully saturated rings. The molecular weight excluding hydrogens is 277 g/mol. The van der Waals surface area contributed by atoms with Gasteiger partial charge < -0.3 is 10.4 Å². The quantitative estimate of drug-likeness (QED) is 0.803. The summed E-state index contributed by atoms with van der Waals surface area (Å²) in [7, 11) is 0. The van der Waals surface area contributed by atoms with Crippen molar-refractivity contribution in [3.8, 4) is 0 Å². The Morgan fingerprint density at radius 1 is 1.38 bits per heavy atom. The monoisotopic (exact) mass is 291 g/mol. The number of carboxylic acid groups (broad SMARTS) is 1. The first-order valence-electron chi connectivity index (χ1n) is 6.21.